The first-order valence-corrected chi connectivity index (χ1v) is 6.29. The second-order valence-electron chi connectivity index (χ2n) is 4.54. The predicted octanol–water partition coefficient (Wildman–Crippen LogP) is 3.67. The molecule has 0 aliphatic heterocycles. The van der Waals surface area contributed by atoms with Crippen LogP contribution in [-0.2, 0) is 6.54 Å². The number of rotatable bonds is 3. The molecule has 0 saturated heterocycles. The Labute approximate surface area is 104 Å². The molecule has 1 aromatic heterocycles. The lowest BCUT2D eigenvalue weighted by Gasteiger charge is -2.07. The van der Waals surface area contributed by atoms with Gasteiger partial charge in [0, 0.05) is 32.4 Å². The maximum absolute atomic E-state index is 2.38. The molecule has 0 spiro atoms. The molecular formula is C16H20N+. The molecule has 0 bridgehead atoms. The summed E-state index contributed by atoms with van der Waals surface area (Å²) >= 11 is 0. The van der Waals surface area contributed by atoms with E-state index in [9.17, 15) is 0 Å². The predicted molar refractivity (Wildman–Crippen MR) is 71.8 cm³/mol. The van der Waals surface area contributed by atoms with E-state index in [0.717, 1.165) is 6.54 Å². The number of hydrogen-bond donors (Lipinski definition) is 0. The number of nitrogens with zero attached hydrogens (tertiary/aromatic N) is 1. The third kappa shape index (κ3) is 2.55. The fraction of sp³-hybridized carbons (Fsp3) is 0.312. The summed E-state index contributed by atoms with van der Waals surface area (Å²) in [6, 6.07) is 15.1. The lowest BCUT2D eigenvalue weighted by molar-refractivity contribution is -0.708. The van der Waals surface area contributed by atoms with Crippen LogP contribution in [0.3, 0.4) is 0 Å². The lowest BCUT2D eigenvalue weighted by Crippen LogP contribution is -2.40. The van der Waals surface area contributed by atoms with Crippen molar-refractivity contribution in [2.45, 2.75) is 33.7 Å². The molecule has 2 aromatic rings. The van der Waals surface area contributed by atoms with E-state index in [4.69, 9.17) is 0 Å². The van der Waals surface area contributed by atoms with E-state index >= 15 is 0 Å². The van der Waals surface area contributed by atoms with Gasteiger partial charge in [-0.2, -0.15) is 0 Å². The summed E-state index contributed by atoms with van der Waals surface area (Å²) < 4.78 is 2.38. The van der Waals surface area contributed by atoms with Crippen LogP contribution in [-0.4, -0.2) is 0 Å². The number of aromatic nitrogens is 1. The van der Waals surface area contributed by atoms with Crippen LogP contribution in [0, 0.1) is 13.8 Å². The first-order chi connectivity index (χ1) is 8.22. The van der Waals surface area contributed by atoms with Crippen molar-refractivity contribution in [3.05, 3.63) is 53.9 Å². The number of hydrogen-bond acceptors (Lipinski definition) is 0. The van der Waals surface area contributed by atoms with Crippen LogP contribution in [0.2, 0.25) is 0 Å². The van der Waals surface area contributed by atoms with Crippen LogP contribution in [0.5, 0.6) is 0 Å². The SMILES string of the molecule is CCC[n+]1c(C)cc(-c2ccccc2)cc1C. The Morgan fingerprint density at radius 2 is 1.47 bits per heavy atom. The third-order valence-corrected chi connectivity index (χ3v) is 3.13. The van der Waals surface area contributed by atoms with Gasteiger partial charge >= 0.3 is 0 Å². The molecular weight excluding hydrogens is 206 g/mol. The molecule has 2 rings (SSSR count). The second kappa shape index (κ2) is 5.13. The van der Waals surface area contributed by atoms with Gasteiger partial charge in [-0.15, -0.1) is 0 Å². The van der Waals surface area contributed by atoms with Crippen molar-refractivity contribution in [2.75, 3.05) is 0 Å². The smallest absolute Gasteiger partial charge is 0.179 e. The monoisotopic (exact) mass is 226 g/mol. The summed E-state index contributed by atoms with van der Waals surface area (Å²) in [5.41, 5.74) is 5.28. The van der Waals surface area contributed by atoms with Crippen molar-refractivity contribution < 1.29 is 4.57 Å². The van der Waals surface area contributed by atoms with E-state index in [1.807, 2.05) is 0 Å². The molecule has 0 unspecified atom stereocenters. The highest BCUT2D eigenvalue weighted by Crippen LogP contribution is 2.19. The number of aryl methyl sites for hydroxylation is 2. The van der Waals surface area contributed by atoms with Gasteiger partial charge < -0.3 is 0 Å². The summed E-state index contributed by atoms with van der Waals surface area (Å²) in [5.74, 6) is 0. The molecule has 0 atom stereocenters. The Morgan fingerprint density at radius 3 is 2.00 bits per heavy atom. The van der Waals surface area contributed by atoms with E-state index in [2.05, 4.69) is 67.8 Å². The fourth-order valence-corrected chi connectivity index (χ4v) is 2.30. The quantitative estimate of drug-likeness (QED) is 0.703. The van der Waals surface area contributed by atoms with Crippen molar-refractivity contribution in [3.63, 3.8) is 0 Å². The average Bonchev–Trinajstić information content (AvgIpc) is 2.35. The van der Waals surface area contributed by atoms with Gasteiger partial charge in [-0.05, 0) is 11.1 Å². The van der Waals surface area contributed by atoms with Crippen LogP contribution in [0.4, 0.5) is 0 Å². The molecule has 1 heterocycles. The minimum absolute atomic E-state index is 1.10. The zero-order chi connectivity index (χ0) is 12.3. The molecule has 0 saturated carbocycles. The normalized spacial score (nSPS) is 10.5. The van der Waals surface area contributed by atoms with Crippen LogP contribution >= 0.6 is 0 Å². The summed E-state index contributed by atoms with van der Waals surface area (Å²) in [7, 11) is 0. The molecule has 0 N–H and O–H groups in total. The van der Waals surface area contributed by atoms with Crippen molar-refractivity contribution in [1.29, 1.82) is 0 Å². The van der Waals surface area contributed by atoms with E-state index in [-0.39, 0.29) is 0 Å². The summed E-state index contributed by atoms with van der Waals surface area (Å²) in [6.07, 6.45) is 1.18. The Morgan fingerprint density at radius 1 is 0.882 bits per heavy atom. The Bertz CT molecular complexity index is 477. The van der Waals surface area contributed by atoms with Gasteiger partial charge in [0.15, 0.2) is 11.4 Å². The molecule has 17 heavy (non-hydrogen) atoms. The van der Waals surface area contributed by atoms with Gasteiger partial charge in [-0.3, -0.25) is 0 Å². The summed E-state index contributed by atoms with van der Waals surface area (Å²) in [5, 5.41) is 0. The van der Waals surface area contributed by atoms with Crippen molar-refractivity contribution in [2.24, 2.45) is 0 Å². The summed E-state index contributed by atoms with van der Waals surface area (Å²) in [6.45, 7) is 7.70. The Kier molecular flexibility index (Phi) is 3.58. The van der Waals surface area contributed by atoms with Gasteiger partial charge in [0.05, 0.1) is 0 Å². The molecule has 0 aliphatic carbocycles. The maximum atomic E-state index is 2.38. The van der Waals surface area contributed by atoms with E-state index in [1.165, 1.54) is 28.9 Å². The van der Waals surface area contributed by atoms with Crippen molar-refractivity contribution >= 4 is 0 Å². The lowest BCUT2D eigenvalue weighted by atomic mass is 10.0. The van der Waals surface area contributed by atoms with E-state index in [0.29, 0.717) is 0 Å². The van der Waals surface area contributed by atoms with Crippen molar-refractivity contribution in [1.82, 2.24) is 0 Å². The molecule has 88 valence electrons. The summed E-state index contributed by atoms with van der Waals surface area (Å²) in [4.78, 5) is 0. The van der Waals surface area contributed by atoms with Gasteiger partial charge in [-0.25, -0.2) is 4.57 Å². The Hall–Kier alpha value is -1.63. The van der Waals surface area contributed by atoms with Gasteiger partial charge in [-0.1, -0.05) is 37.3 Å². The van der Waals surface area contributed by atoms with Gasteiger partial charge in [0.1, 0.15) is 6.54 Å². The first-order valence-electron chi connectivity index (χ1n) is 6.29. The molecule has 1 nitrogen and oxygen atoms in total. The van der Waals surface area contributed by atoms with E-state index in [1.54, 1.807) is 0 Å². The molecule has 0 amide bonds. The minimum atomic E-state index is 1.10. The zero-order valence-corrected chi connectivity index (χ0v) is 10.9. The second-order valence-corrected chi connectivity index (χ2v) is 4.54. The van der Waals surface area contributed by atoms with Crippen LogP contribution in [0.15, 0.2) is 42.5 Å². The topological polar surface area (TPSA) is 3.88 Å². The highest BCUT2D eigenvalue weighted by atomic mass is 15.0. The Balaban J connectivity index is 2.46. The number of benzene rings is 1. The van der Waals surface area contributed by atoms with Crippen LogP contribution in [0.1, 0.15) is 24.7 Å². The van der Waals surface area contributed by atoms with E-state index < -0.39 is 0 Å². The van der Waals surface area contributed by atoms with Gasteiger partial charge in [0.25, 0.3) is 0 Å². The molecule has 1 aromatic carbocycles. The van der Waals surface area contributed by atoms with Gasteiger partial charge in [0.2, 0.25) is 0 Å². The highest BCUT2D eigenvalue weighted by Gasteiger charge is 2.12. The zero-order valence-electron chi connectivity index (χ0n) is 10.9. The van der Waals surface area contributed by atoms with Crippen LogP contribution in [0.25, 0.3) is 11.1 Å². The molecule has 0 aliphatic rings. The highest BCUT2D eigenvalue weighted by molar-refractivity contribution is 5.63. The standard InChI is InChI=1S/C16H20N/c1-4-10-17-13(2)11-16(12-14(17)3)15-8-6-5-7-9-15/h5-9,11-12H,4,10H2,1-3H3/q+1. The fourth-order valence-electron chi connectivity index (χ4n) is 2.30. The molecule has 0 radical (unpaired) electrons. The largest absolute Gasteiger partial charge is 0.200 e. The molecule has 1 heteroatoms. The first kappa shape index (κ1) is 11.8. The number of pyridine rings is 1. The minimum Gasteiger partial charge on any atom is -0.200 e. The molecule has 0 fully saturated rings. The maximum Gasteiger partial charge on any atom is 0.179 e. The van der Waals surface area contributed by atoms with Crippen LogP contribution < -0.4 is 4.57 Å². The third-order valence-electron chi connectivity index (χ3n) is 3.13. The van der Waals surface area contributed by atoms with Crippen molar-refractivity contribution in [3.8, 4) is 11.1 Å². The average molecular weight is 226 g/mol.